The van der Waals surface area contributed by atoms with E-state index in [1.807, 2.05) is 6.92 Å². The van der Waals surface area contributed by atoms with Crippen molar-refractivity contribution in [2.45, 2.75) is 6.92 Å². The van der Waals surface area contributed by atoms with Crippen molar-refractivity contribution in [3.63, 3.8) is 0 Å². The van der Waals surface area contributed by atoms with Crippen molar-refractivity contribution in [2.24, 2.45) is 15.9 Å². The van der Waals surface area contributed by atoms with Crippen molar-refractivity contribution in [3.05, 3.63) is 23.7 Å². The van der Waals surface area contributed by atoms with Crippen LogP contribution in [0.4, 0.5) is 0 Å². The fourth-order valence-electron chi connectivity index (χ4n) is 1.60. The van der Waals surface area contributed by atoms with E-state index >= 15 is 0 Å². The van der Waals surface area contributed by atoms with Gasteiger partial charge in [0.1, 0.15) is 12.3 Å². The first-order valence-corrected chi connectivity index (χ1v) is 5.01. The number of methoxy groups -OCH3 is 1. The average molecular weight is 220 g/mol. The molecule has 1 amide bonds. The molecule has 1 aliphatic carbocycles. The van der Waals surface area contributed by atoms with E-state index in [9.17, 15) is 4.79 Å². The number of allylic oxidation sites excluding steroid dienone is 1. The number of nitrogens with zero attached hydrogens (tertiary/aromatic N) is 2. The van der Waals surface area contributed by atoms with Crippen LogP contribution in [0.1, 0.15) is 6.92 Å². The number of amides is 1. The third-order valence-corrected chi connectivity index (χ3v) is 2.34. The molecule has 0 bridgehead atoms. The molecule has 16 heavy (non-hydrogen) atoms. The molecular weight excluding hydrogens is 208 g/mol. The fraction of sp³-hybridized carbons (Fsp3) is 0.364. The van der Waals surface area contributed by atoms with Gasteiger partial charge >= 0.3 is 0 Å². The van der Waals surface area contributed by atoms with E-state index in [2.05, 4.69) is 9.98 Å². The van der Waals surface area contributed by atoms with E-state index < -0.39 is 5.92 Å². The van der Waals surface area contributed by atoms with Crippen LogP contribution >= 0.6 is 0 Å². The predicted octanol–water partition coefficient (Wildman–Crippen LogP) is 1.08. The minimum atomic E-state index is -0.439. The predicted molar refractivity (Wildman–Crippen MR) is 59.2 cm³/mol. The maximum atomic E-state index is 11.5. The highest BCUT2D eigenvalue weighted by Crippen LogP contribution is 2.25. The minimum Gasteiger partial charge on any atom is -0.493 e. The molecule has 0 saturated carbocycles. The van der Waals surface area contributed by atoms with Crippen molar-refractivity contribution in [1.82, 2.24) is 0 Å². The number of carbonyl (C=O) groups excluding carboxylic acids is 1. The summed E-state index contributed by atoms with van der Waals surface area (Å²) in [4.78, 5) is 19.2. The standard InChI is InChI=1S/C11H12N2O3/c1-3-16-10-4-7-8(5-9(10)15-2)12-6-13-11(7)14/h4-7H,3H2,1-2H3. The van der Waals surface area contributed by atoms with Gasteiger partial charge in [-0.3, -0.25) is 4.79 Å². The maximum Gasteiger partial charge on any atom is 0.260 e. The first-order chi connectivity index (χ1) is 7.76. The normalized spacial score (nSPS) is 23.0. The van der Waals surface area contributed by atoms with Crippen molar-refractivity contribution >= 4 is 18.0 Å². The lowest BCUT2D eigenvalue weighted by Crippen LogP contribution is -2.27. The van der Waals surface area contributed by atoms with Gasteiger partial charge in [-0.1, -0.05) is 0 Å². The van der Waals surface area contributed by atoms with Crippen LogP contribution < -0.4 is 0 Å². The highest BCUT2D eigenvalue weighted by molar-refractivity contribution is 6.18. The molecule has 1 heterocycles. The van der Waals surface area contributed by atoms with Gasteiger partial charge < -0.3 is 9.47 Å². The van der Waals surface area contributed by atoms with Gasteiger partial charge in [0.05, 0.1) is 19.4 Å². The van der Waals surface area contributed by atoms with E-state index in [1.165, 1.54) is 6.34 Å². The molecule has 0 saturated heterocycles. The van der Waals surface area contributed by atoms with Gasteiger partial charge in [0, 0.05) is 6.08 Å². The van der Waals surface area contributed by atoms with E-state index in [-0.39, 0.29) is 5.91 Å². The van der Waals surface area contributed by atoms with Gasteiger partial charge in [-0.2, -0.15) is 0 Å². The van der Waals surface area contributed by atoms with E-state index in [0.717, 1.165) is 0 Å². The zero-order valence-electron chi connectivity index (χ0n) is 9.14. The van der Waals surface area contributed by atoms with Crippen LogP contribution in [0.5, 0.6) is 0 Å². The third-order valence-electron chi connectivity index (χ3n) is 2.34. The van der Waals surface area contributed by atoms with Crippen LogP contribution in [0, 0.1) is 5.92 Å². The van der Waals surface area contributed by atoms with Crippen LogP contribution in [0.2, 0.25) is 0 Å². The summed E-state index contributed by atoms with van der Waals surface area (Å²) in [5.41, 5.74) is 0.639. The number of aliphatic imine (C=N–C) groups is 2. The average Bonchev–Trinajstić information content (AvgIpc) is 2.30. The highest BCUT2D eigenvalue weighted by Gasteiger charge is 2.29. The number of hydrogen-bond donors (Lipinski definition) is 0. The Labute approximate surface area is 93.2 Å². The van der Waals surface area contributed by atoms with Gasteiger partial charge in [-0.05, 0) is 13.0 Å². The second kappa shape index (κ2) is 4.30. The molecule has 2 aliphatic rings. The number of carbonyl (C=O) groups is 1. The molecule has 5 nitrogen and oxygen atoms in total. The number of hydrogen-bond acceptors (Lipinski definition) is 4. The van der Waals surface area contributed by atoms with Gasteiger partial charge in [0.15, 0.2) is 11.5 Å². The molecule has 2 rings (SSSR count). The Morgan fingerprint density at radius 3 is 2.94 bits per heavy atom. The van der Waals surface area contributed by atoms with Gasteiger partial charge in [0.25, 0.3) is 5.91 Å². The maximum absolute atomic E-state index is 11.5. The van der Waals surface area contributed by atoms with Crippen molar-refractivity contribution in [1.29, 1.82) is 0 Å². The van der Waals surface area contributed by atoms with Gasteiger partial charge in [-0.25, -0.2) is 9.98 Å². The SMILES string of the molecule is CCOC1=CC2C(=O)N=CN=C2C=C1OC. The smallest absolute Gasteiger partial charge is 0.260 e. The Morgan fingerprint density at radius 2 is 2.25 bits per heavy atom. The second-order valence-corrected chi connectivity index (χ2v) is 3.29. The zero-order valence-corrected chi connectivity index (χ0v) is 9.14. The van der Waals surface area contributed by atoms with Crippen LogP contribution in [0.3, 0.4) is 0 Å². The van der Waals surface area contributed by atoms with Crippen molar-refractivity contribution < 1.29 is 14.3 Å². The minimum absolute atomic E-state index is 0.228. The molecule has 1 atom stereocenters. The number of fused-ring (bicyclic) bond motifs is 1. The van der Waals surface area contributed by atoms with Crippen LogP contribution in [0.25, 0.3) is 0 Å². The summed E-state index contributed by atoms with van der Waals surface area (Å²) in [6.07, 6.45) is 4.66. The van der Waals surface area contributed by atoms with E-state index in [1.54, 1.807) is 19.3 Å². The Morgan fingerprint density at radius 1 is 1.44 bits per heavy atom. The first kappa shape index (κ1) is 10.6. The molecular formula is C11H12N2O3. The first-order valence-electron chi connectivity index (χ1n) is 5.01. The molecule has 0 fully saturated rings. The summed E-state index contributed by atoms with van der Waals surface area (Å²) in [5, 5.41) is 0. The monoisotopic (exact) mass is 220 g/mol. The summed E-state index contributed by atoms with van der Waals surface area (Å²) in [6, 6.07) is 0. The Hall–Kier alpha value is -1.91. The molecule has 0 N–H and O–H groups in total. The third kappa shape index (κ3) is 1.76. The summed E-state index contributed by atoms with van der Waals surface area (Å²) < 4.78 is 10.6. The van der Waals surface area contributed by atoms with E-state index in [0.29, 0.717) is 23.8 Å². The lowest BCUT2D eigenvalue weighted by atomic mass is 9.95. The molecule has 0 radical (unpaired) electrons. The molecule has 5 heteroatoms. The van der Waals surface area contributed by atoms with Crippen molar-refractivity contribution in [3.8, 4) is 0 Å². The lowest BCUT2D eigenvalue weighted by Gasteiger charge is -2.21. The zero-order chi connectivity index (χ0) is 11.5. The second-order valence-electron chi connectivity index (χ2n) is 3.29. The quantitative estimate of drug-likeness (QED) is 0.715. The molecule has 0 spiro atoms. The molecule has 0 aromatic rings. The van der Waals surface area contributed by atoms with Gasteiger partial charge in [0.2, 0.25) is 0 Å². The Kier molecular flexibility index (Phi) is 2.85. The lowest BCUT2D eigenvalue weighted by molar-refractivity contribution is -0.118. The summed E-state index contributed by atoms with van der Waals surface area (Å²) in [5.74, 6) is 0.485. The summed E-state index contributed by atoms with van der Waals surface area (Å²) in [6.45, 7) is 2.39. The number of rotatable bonds is 3. The molecule has 1 unspecified atom stereocenters. The van der Waals surface area contributed by atoms with Crippen molar-refractivity contribution in [2.75, 3.05) is 13.7 Å². The topological polar surface area (TPSA) is 60.2 Å². The summed E-state index contributed by atoms with van der Waals surface area (Å²) >= 11 is 0. The fourth-order valence-corrected chi connectivity index (χ4v) is 1.60. The van der Waals surface area contributed by atoms with Crippen LogP contribution in [-0.2, 0) is 14.3 Å². The van der Waals surface area contributed by atoms with Crippen LogP contribution in [0.15, 0.2) is 33.7 Å². The summed E-state index contributed by atoms with van der Waals surface area (Å²) in [7, 11) is 1.55. The molecule has 1 aliphatic heterocycles. The highest BCUT2D eigenvalue weighted by atomic mass is 16.5. The molecule has 84 valence electrons. The van der Waals surface area contributed by atoms with E-state index in [4.69, 9.17) is 9.47 Å². The Balaban J connectivity index is 2.36. The number of ether oxygens (including phenoxy) is 2. The van der Waals surface area contributed by atoms with Gasteiger partial charge in [-0.15, -0.1) is 0 Å². The molecule has 0 aromatic carbocycles. The van der Waals surface area contributed by atoms with Crippen LogP contribution in [-0.4, -0.2) is 31.7 Å². The Bertz CT molecular complexity index is 433. The molecule has 0 aromatic heterocycles. The largest absolute Gasteiger partial charge is 0.493 e.